The Hall–Kier alpha value is -6.86. The summed E-state index contributed by atoms with van der Waals surface area (Å²) in [6, 6.07) is 56.1. The maximum atomic E-state index is 5.04. The minimum absolute atomic E-state index is 0.648. The van der Waals surface area contributed by atoms with Crippen molar-refractivity contribution in [2.75, 3.05) is 4.90 Å². The fourth-order valence-electron chi connectivity index (χ4n) is 6.55. The number of benzene rings is 5. The van der Waals surface area contributed by atoms with Gasteiger partial charge in [0.1, 0.15) is 11.5 Å². The van der Waals surface area contributed by atoms with Crippen molar-refractivity contribution in [1.82, 2.24) is 29.3 Å². The van der Waals surface area contributed by atoms with Gasteiger partial charge in [-0.2, -0.15) is 0 Å². The van der Waals surface area contributed by atoms with Gasteiger partial charge in [0.05, 0.1) is 22.9 Å². The normalized spacial score (nSPS) is 11.3. The third kappa shape index (κ3) is 5.01. The maximum Gasteiger partial charge on any atom is 0.187 e. The molecule has 7 nitrogen and oxygen atoms in total. The second-order valence-electron chi connectivity index (χ2n) is 11.7. The van der Waals surface area contributed by atoms with Crippen LogP contribution in [-0.4, -0.2) is 29.3 Å². The lowest BCUT2D eigenvalue weighted by Gasteiger charge is -2.25. The molecule has 0 fully saturated rings. The molecule has 0 radical (unpaired) electrons. The van der Waals surface area contributed by atoms with Crippen molar-refractivity contribution in [3.63, 3.8) is 0 Å². The van der Waals surface area contributed by atoms with E-state index >= 15 is 0 Å². The molecule has 7 heteroatoms. The quantitative estimate of drug-likeness (QED) is 0.175. The molecule has 232 valence electrons. The van der Waals surface area contributed by atoms with Crippen LogP contribution in [0.3, 0.4) is 0 Å². The predicted octanol–water partition coefficient (Wildman–Crippen LogP) is 9.96. The molecule has 0 saturated carbocycles. The van der Waals surface area contributed by atoms with Crippen LogP contribution in [0, 0.1) is 0 Å². The van der Waals surface area contributed by atoms with Gasteiger partial charge in [-0.05, 0) is 72.8 Å². The molecule has 5 aromatic carbocycles. The Morgan fingerprint density at radius 2 is 1.02 bits per heavy atom. The molecule has 9 aromatic rings. The van der Waals surface area contributed by atoms with Crippen molar-refractivity contribution in [2.45, 2.75) is 0 Å². The summed E-state index contributed by atoms with van der Waals surface area (Å²) >= 11 is 0. The zero-order chi connectivity index (χ0) is 32.6. The van der Waals surface area contributed by atoms with Gasteiger partial charge in [0.15, 0.2) is 11.6 Å². The highest BCUT2D eigenvalue weighted by Crippen LogP contribution is 2.37. The Kier molecular flexibility index (Phi) is 6.98. The summed E-state index contributed by atoms with van der Waals surface area (Å²) in [7, 11) is 0. The van der Waals surface area contributed by atoms with Crippen molar-refractivity contribution >= 4 is 39.0 Å². The minimum Gasteiger partial charge on any atom is -0.309 e. The largest absolute Gasteiger partial charge is 0.309 e. The topological polar surface area (TPSA) is 64.7 Å². The van der Waals surface area contributed by atoms with Crippen LogP contribution in [-0.2, 0) is 0 Å². The van der Waals surface area contributed by atoms with Crippen LogP contribution in [0.5, 0.6) is 0 Å². The Morgan fingerprint density at radius 1 is 0.429 bits per heavy atom. The molecule has 0 bridgehead atoms. The molecular weight excluding hydrogens is 603 g/mol. The molecule has 0 saturated heterocycles. The Labute approximate surface area is 283 Å². The number of hydrogen-bond donors (Lipinski definition) is 0. The molecule has 49 heavy (non-hydrogen) atoms. The van der Waals surface area contributed by atoms with E-state index in [0.717, 1.165) is 45.6 Å². The Morgan fingerprint density at radius 3 is 1.67 bits per heavy atom. The second-order valence-corrected chi connectivity index (χ2v) is 11.7. The van der Waals surface area contributed by atoms with Crippen molar-refractivity contribution in [3.05, 3.63) is 176 Å². The average Bonchev–Trinajstić information content (AvgIpc) is 3.77. The average molecular weight is 632 g/mol. The van der Waals surface area contributed by atoms with E-state index in [1.807, 2.05) is 83.6 Å². The van der Waals surface area contributed by atoms with E-state index in [0.29, 0.717) is 5.82 Å². The van der Waals surface area contributed by atoms with Crippen LogP contribution in [0.2, 0.25) is 0 Å². The number of para-hydroxylation sites is 3. The van der Waals surface area contributed by atoms with E-state index in [-0.39, 0.29) is 0 Å². The first kappa shape index (κ1) is 28.4. The number of anilines is 3. The molecule has 0 N–H and O–H groups in total. The van der Waals surface area contributed by atoms with Gasteiger partial charge in [0, 0.05) is 39.6 Å². The lowest BCUT2D eigenvalue weighted by Crippen LogP contribution is -2.12. The number of nitrogens with zero attached hydrogens (tertiary/aromatic N) is 7. The van der Waals surface area contributed by atoms with Gasteiger partial charge in [-0.25, -0.2) is 4.98 Å². The van der Waals surface area contributed by atoms with Crippen molar-refractivity contribution in [3.8, 4) is 34.3 Å². The fraction of sp³-hybridized carbons (Fsp3) is 0. The first-order valence-corrected chi connectivity index (χ1v) is 16.2. The van der Waals surface area contributed by atoms with Gasteiger partial charge in [-0.3, -0.25) is 14.5 Å². The van der Waals surface area contributed by atoms with Crippen LogP contribution >= 0.6 is 0 Å². The fourth-order valence-corrected chi connectivity index (χ4v) is 6.55. The van der Waals surface area contributed by atoms with Crippen molar-refractivity contribution in [1.29, 1.82) is 0 Å². The molecule has 0 aliphatic rings. The highest BCUT2D eigenvalue weighted by atomic mass is 15.3. The van der Waals surface area contributed by atoms with Gasteiger partial charge in [0.25, 0.3) is 0 Å². The number of aromatic nitrogens is 6. The molecule has 0 aliphatic carbocycles. The summed E-state index contributed by atoms with van der Waals surface area (Å²) in [4.78, 5) is 11.8. The van der Waals surface area contributed by atoms with Gasteiger partial charge >= 0.3 is 0 Å². The summed E-state index contributed by atoms with van der Waals surface area (Å²) in [5.41, 5.74) is 8.00. The predicted molar refractivity (Wildman–Crippen MR) is 197 cm³/mol. The van der Waals surface area contributed by atoms with Crippen LogP contribution in [0.25, 0.3) is 56.1 Å². The lowest BCUT2D eigenvalue weighted by atomic mass is 10.2. The number of rotatable bonds is 7. The molecule has 0 atom stereocenters. The Bertz CT molecular complexity index is 2410. The zero-order valence-electron chi connectivity index (χ0n) is 26.4. The summed E-state index contributed by atoms with van der Waals surface area (Å²) in [6.07, 6.45) is 3.64. The number of hydrogen-bond acceptors (Lipinski definition) is 5. The standard InChI is InChI=1S/C42H29N7/c1-3-13-30(14-4-1)41-45-46-42(37-19-11-12-28-43-37)49(41)34-26-27-40(44-29-34)47(31-15-5-2-6-16-31)32-22-24-33(25-23-32)48-38-20-9-7-17-35(38)36-18-8-10-21-39(36)48/h1-29H. The molecule has 0 unspecified atom stereocenters. The summed E-state index contributed by atoms with van der Waals surface area (Å²) < 4.78 is 4.35. The highest BCUT2D eigenvalue weighted by molar-refractivity contribution is 6.09. The van der Waals surface area contributed by atoms with Gasteiger partial charge in [-0.1, -0.05) is 91.0 Å². The molecule has 0 aliphatic heterocycles. The van der Waals surface area contributed by atoms with E-state index in [4.69, 9.17) is 4.98 Å². The molecule has 0 spiro atoms. The van der Waals surface area contributed by atoms with E-state index in [1.165, 1.54) is 21.8 Å². The minimum atomic E-state index is 0.648. The summed E-state index contributed by atoms with van der Waals surface area (Å²) in [5, 5.41) is 11.6. The van der Waals surface area contributed by atoms with Crippen molar-refractivity contribution in [2.24, 2.45) is 0 Å². The first-order valence-electron chi connectivity index (χ1n) is 16.2. The maximum absolute atomic E-state index is 5.04. The number of fused-ring (bicyclic) bond motifs is 3. The van der Waals surface area contributed by atoms with E-state index < -0.39 is 0 Å². The van der Waals surface area contributed by atoms with Crippen LogP contribution < -0.4 is 4.90 Å². The Balaban J connectivity index is 1.13. The van der Waals surface area contributed by atoms with E-state index in [1.54, 1.807) is 6.20 Å². The third-order valence-corrected chi connectivity index (χ3v) is 8.77. The number of pyridine rings is 2. The van der Waals surface area contributed by atoms with Crippen LogP contribution in [0.4, 0.5) is 17.2 Å². The lowest BCUT2D eigenvalue weighted by molar-refractivity contribution is 1.03. The monoisotopic (exact) mass is 631 g/mol. The van der Waals surface area contributed by atoms with Gasteiger partial charge in [0.2, 0.25) is 0 Å². The highest BCUT2D eigenvalue weighted by Gasteiger charge is 2.20. The SMILES string of the molecule is c1ccc(-c2nnc(-c3ccccn3)n2-c2ccc(N(c3ccccc3)c3ccc(-n4c5ccccc5c5ccccc54)cc3)nc2)cc1. The van der Waals surface area contributed by atoms with Gasteiger partial charge < -0.3 is 4.57 Å². The van der Waals surface area contributed by atoms with Crippen molar-refractivity contribution < 1.29 is 0 Å². The van der Waals surface area contributed by atoms with Gasteiger partial charge in [-0.15, -0.1) is 10.2 Å². The second kappa shape index (κ2) is 12.1. The zero-order valence-corrected chi connectivity index (χ0v) is 26.4. The third-order valence-electron chi connectivity index (χ3n) is 8.77. The molecule has 4 aromatic heterocycles. The van der Waals surface area contributed by atoms with E-state index in [2.05, 4.69) is 116 Å². The molecule has 4 heterocycles. The smallest absolute Gasteiger partial charge is 0.187 e. The molecule has 9 rings (SSSR count). The van der Waals surface area contributed by atoms with Crippen LogP contribution in [0.1, 0.15) is 0 Å². The van der Waals surface area contributed by atoms with E-state index in [9.17, 15) is 0 Å². The first-order chi connectivity index (χ1) is 24.3. The molecule has 0 amide bonds. The summed E-state index contributed by atoms with van der Waals surface area (Å²) in [5.74, 6) is 2.15. The molecular formula is C42H29N7. The summed E-state index contributed by atoms with van der Waals surface area (Å²) in [6.45, 7) is 0. The van der Waals surface area contributed by atoms with Crippen LogP contribution in [0.15, 0.2) is 176 Å².